The van der Waals surface area contributed by atoms with Gasteiger partial charge in [-0.05, 0) is 43.0 Å². The lowest BCUT2D eigenvalue weighted by atomic mass is 9.90. The number of aryl methyl sites for hydroxylation is 1. The van der Waals surface area contributed by atoms with Crippen molar-refractivity contribution in [1.29, 1.82) is 0 Å². The number of terminal acetylenes is 1. The maximum absolute atomic E-state index is 15.2. The van der Waals surface area contributed by atoms with Crippen molar-refractivity contribution in [3.8, 4) is 23.6 Å². The molecule has 0 saturated heterocycles. The van der Waals surface area contributed by atoms with E-state index in [0.29, 0.717) is 22.4 Å². The first-order valence-electron chi connectivity index (χ1n) is 12.6. The minimum Gasteiger partial charge on any atom is -0.251 e. The van der Waals surface area contributed by atoms with E-state index in [-0.39, 0.29) is 11.1 Å². The van der Waals surface area contributed by atoms with E-state index in [4.69, 9.17) is 6.42 Å². The summed E-state index contributed by atoms with van der Waals surface area (Å²) in [5, 5.41) is 0.701. The van der Waals surface area contributed by atoms with Gasteiger partial charge in [-0.1, -0.05) is 69.4 Å². The van der Waals surface area contributed by atoms with Crippen molar-refractivity contribution >= 4 is 17.1 Å². The fraction of sp³-hybridized carbons (Fsp3) is 0.281. The van der Waals surface area contributed by atoms with E-state index < -0.39 is 17.6 Å². The monoisotopic (exact) mass is 497 g/mol. The van der Waals surface area contributed by atoms with Gasteiger partial charge in [0, 0.05) is 28.5 Å². The summed E-state index contributed by atoms with van der Waals surface area (Å²) in [4.78, 5) is 13.1. The number of hydrogen-bond donors (Lipinski definition) is 0. The van der Waals surface area contributed by atoms with Gasteiger partial charge < -0.3 is 0 Å². The molecule has 3 aromatic rings. The summed E-state index contributed by atoms with van der Waals surface area (Å²) in [6.07, 6.45) is 18.2. The number of nitrogens with zero attached hydrogens (tertiary/aromatic N) is 3. The molecule has 0 bridgehead atoms. The van der Waals surface area contributed by atoms with Gasteiger partial charge in [-0.2, -0.15) is 0 Å². The molecule has 1 atom stereocenters. The first-order valence-corrected chi connectivity index (χ1v) is 12.6. The van der Waals surface area contributed by atoms with Crippen molar-refractivity contribution in [2.45, 2.75) is 58.3 Å². The molecule has 5 heteroatoms. The predicted octanol–water partition coefficient (Wildman–Crippen LogP) is 8.52. The fourth-order valence-electron chi connectivity index (χ4n) is 4.42. The summed E-state index contributed by atoms with van der Waals surface area (Å²) in [5.41, 5.74) is 3.89. The molecule has 1 unspecified atom stereocenters. The number of rotatable bonds is 12. The molecule has 0 saturated carbocycles. The summed E-state index contributed by atoms with van der Waals surface area (Å²) >= 11 is 0. The van der Waals surface area contributed by atoms with Crippen LogP contribution in [0.3, 0.4) is 0 Å². The van der Waals surface area contributed by atoms with Crippen molar-refractivity contribution in [3.63, 3.8) is 0 Å². The van der Waals surface area contributed by atoms with Crippen molar-refractivity contribution in [2.24, 2.45) is 4.99 Å². The standard InChI is InChI=1S/C32H33F2N3/c1-6-10-11-12-13-14-23-15-16-25-30(18-23)36-21-37-32(25)27-19-26(28(33)20-29(27)34)24(9-4)31(22(5)8-3)35-17-7-2/h2,8-9,15-21,24H,3-4,6,10-14H2,1,5H3/b31-22+,35-17-. The molecule has 3 rings (SSSR count). The number of aliphatic imine (C=N–C) groups is 1. The third-order valence-corrected chi connectivity index (χ3v) is 6.47. The van der Waals surface area contributed by atoms with Crippen molar-refractivity contribution in [2.75, 3.05) is 0 Å². The Kier molecular flexibility index (Phi) is 10.0. The fourth-order valence-corrected chi connectivity index (χ4v) is 4.42. The summed E-state index contributed by atoms with van der Waals surface area (Å²) < 4.78 is 30.3. The van der Waals surface area contributed by atoms with Gasteiger partial charge in [0.15, 0.2) is 0 Å². The molecule has 0 N–H and O–H groups in total. The highest BCUT2D eigenvalue weighted by Gasteiger charge is 2.23. The van der Waals surface area contributed by atoms with Gasteiger partial charge >= 0.3 is 0 Å². The Balaban J connectivity index is 2.06. The van der Waals surface area contributed by atoms with Crippen LogP contribution < -0.4 is 0 Å². The van der Waals surface area contributed by atoms with E-state index in [1.54, 1.807) is 19.1 Å². The largest absolute Gasteiger partial charge is 0.251 e. The zero-order chi connectivity index (χ0) is 26.8. The number of unbranched alkanes of at least 4 members (excludes halogenated alkanes) is 4. The summed E-state index contributed by atoms with van der Waals surface area (Å²) in [5.74, 6) is 0.263. The highest BCUT2D eigenvalue weighted by atomic mass is 19.1. The van der Waals surface area contributed by atoms with Gasteiger partial charge in [-0.3, -0.25) is 4.99 Å². The average molecular weight is 498 g/mol. The molecular formula is C32H33F2N3. The zero-order valence-corrected chi connectivity index (χ0v) is 21.6. The molecule has 0 aliphatic heterocycles. The molecule has 0 spiro atoms. The summed E-state index contributed by atoms with van der Waals surface area (Å²) in [7, 11) is 0. The Morgan fingerprint density at radius 1 is 1.08 bits per heavy atom. The van der Waals surface area contributed by atoms with E-state index in [9.17, 15) is 0 Å². The molecule has 190 valence electrons. The second kappa shape index (κ2) is 13.4. The number of allylic oxidation sites excluding steroid dienone is 3. The van der Waals surface area contributed by atoms with Crippen LogP contribution in [-0.2, 0) is 6.42 Å². The number of aromatic nitrogens is 2. The third-order valence-electron chi connectivity index (χ3n) is 6.47. The summed E-state index contributed by atoms with van der Waals surface area (Å²) in [6.45, 7) is 11.7. The Labute approximate surface area is 218 Å². The third kappa shape index (κ3) is 6.65. The molecule has 1 aromatic heterocycles. The molecule has 0 amide bonds. The normalized spacial score (nSPS) is 12.8. The van der Waals surface area contributed by atoms with Crippen LogP contribution in [0.2, 0.25) is 0 Å². The molecular weight excluding hydrogens is 464 g/mol. The predicted molar refractivity (Wildman–Crippen MR) is 151 cm³/mol. The van der Waals surface area contributed by atoms with E-state index >= 15 is 8.78 Å². The van der Waals surface area contributed by atoms with Crippen LogP contribution in [0.15, 0.2) is 78.2 Å². The average Bonchev–Trinajstić information content (AvgIpc) is 2.90. The Morgan fingerprint density at radius 2 is 1.86 bits per heavy atom. The number of fused-ring (bicyclic) bond motifs is 1. The van der Waals surface area contributed by atoms with Crippen LogP contribution >= 0.6 is 0 Å². The Bertz CT molecular complexity index is 1380. The van der Waals surface area contributed by atoms with Gasteiger partial charge in [0.1, 0.15) is 18.0 Å². The Morgan fingerprint density at radius 3 is 2.57 bits per heavy atom. The lowest BCUT2D eigenvalue weighted by Gasteiger charge is -2.18. The first kappa shape index (κ1) is 27.7. The number of hydrogen-bond acceptors (Lipinski definition) is 3. The van der Waals surface area contributed by atoms with Crippen molar-refractivity contribution < 1.29 is 8.78 Å². The molecule has 3 nitrogen and oxygen atoms in total. The minimum atomic E-state index is -0.708. The molecule has 0 aliphatic rings. The second-order valence-electron chi connectivity index (χ2n) is 9.00. The molecule has 2 aromatic carbocycles. The number of halogens is 2. The van der Waals surface area contributed by atoms with E-state index in [1.807, 2.05) is 18.2 Å². The maximum atomic E-state index is 15.2. The van der Waals surface area contributed by atoms with Gasteiger partial charge in [0.05, 0.1) is 23.1 Å². The second-order valence-corrected chi connectivity index (χ2v) is 9.00. The van der Waals surface area contributed by atoms with Crippen LogP contribution in [-0.4, -0.2) is 16.2 Å². The molecule has 37 heavy (non-hydrogen) atoms. The van der Waals surface area contributed by atoms with Gasteiger partial charge in [0.25, 0.3) is 0 Å². The zero-order valence-electron chi connectivity index (χ0n) is 21.6. The SMILES string of the molecule is C#C/C=N\C(=C(/C)C=C)C(C=C)c1cc(-c2ncnc3cc(CCCCCCC)ccc23)c(F)cc1F. The summed E-state index contributed by atoms with van der Waals surface area (Å²) in [6, 6.07) is 8.34. The molecule has 1 heterocycles. The van der Waals surface area contributed by atoms with Crippen LogP contribution in [0, 0.1) is 24.0 Å². The highest BCUT2D eigenvalue weighted by Crippen LogP contribution is 2.36. The van der Waals surface area contributed by atoms with Crippen molar-refractivity contribution in [1.82, 2.24) is 9.97 Å². The minimum absolute atomic E-state index is 0.180. The van der Waals surface area contributed by atoms with Crippen LogP contribution in [0.4, 0.5) is 8.78 Å². The van der Waals surface area contributed by atoms with Gasteiger partial charge in [0.2, 0.25) is 0 Å². The van der Waals surface area contributed by atoms with Crippen LogP contribution in [0.1, 0.15) is 63.0 Å². The quantitative estimate of drug-likeness (QED) is 0.0827. The van der Waals surface area contributed by atoms with Gasteiger partial charge in [-0.25, -0.2) is 18.7 Å². The Hall–Kier alpha value is -3.91. The smallest absolute Gasteiger partial charge is 0.135 e. The van der Waals surface area contributed by atoms with E-state index in [2.05, 4.69) is 41.0 Å². The number of benzene rings is 2. The topological polar surface area (TPSA) is 38.1 Å². The van der Waals surface area contributed by atoms with Crippen molar-refractivity contribution in [3.05, 3.63) is 96.0 Å². The molecule has 0 radical (unpaired) electrons. The van der Waals surface area contributed by atoms with E-state index in [0.717, 1.165) is 24.4 Å². The first-order chi connectivity index (χ1) is 17.9. The molecule has 0 aliphatic carbocycles. The van der Waals surface area contributed by atoms with Crippen LogP contribution in [0.5, 0.6) is 0 Å². The van der Waals surface area contributed by atoms with E-state index in [1.165, 1.54) is 49.9 Å². The highest BCUT2D eigenvalue weighted by molar-refractivity contribution is 5.92. The lowest BCUT2D eigenvalue weighted by Crippen LogP contribution is -2.05. The maximum Gasteiger partial charge on any atom is 0.135 e. The lowest BCUT2D eigenvalue weighted by molar-refractivity contribution is 0.572. The van der Waals surface area contributed by atoms with Crippen LogP contribution in [0.25, 0.3) is 22.2 Å². The molecule has 0 fully saturated rings. The van der Waals surface area contributed by atoms with Gasteiger partial charge in [-0.15, -0.1) is 13.0 Å².